The van der Waals surface area contributed by atoms with E-state index in [1.807, 2.05) is 73.7 Å². The van der Waals surface area contributed by atoms with Crippen molar-refractivity contribution in [2.45, 2.75) is 33.4 Å². The number of hydrogen-bond acceptors (Lipinski definition) is 3. The molecule has 41 heavy (non-hydrogen) atoms. The first-order chi connectivity index (χ1) is 19.7. The molecule has 1 atom stereocenters. The van der Waals surface area contributed by atoms with Crippen molar-refractivity contribution in [3.63, 3.8) is 0 Å². The Kier molecular flexibility index (Phi) is 7.86. The normalized spacial score (nSPS) is 11.8. The van der Waals surface area contributed by atoms with Crippen molar-refractivity contribution < 1.29 is 19.4 Å². The quantitative estimate of drug-likeness (QED) is 0.201. The second-order valence-corrected chi connectivity index (χ2v) is 10.5. The van der Waals surface area contributed by atoms with Gasteiger partial charge >= 0.3 is 5.97 Å². The number of methoxy groups -OCH3 is 1. The van der Waals surface area contributed by atoms with Crippen molar-refractivity contribution in [2.24, 2.45) is 0 Å². The zero-order chi connectivity index (χ0) is 29.3. The molecule has 0 radical (unpaired) electrons. The van der Waals surface area contributed by atoms with E-state index in [2.05, 4.69) is 23.7 Å². The molecular weight excluding hydrogens is 536 g/mol. The van der Waals surface area contributed by atoms with E-state index < -0.39 is 5.97 Å². The summed E-state index contributed by atoms with van der Waals surface area (Å²) in [6.07, 6.45) is 0. The molecule has 0 saturated heterocycles. The molecule has 5 aromatic rings. The molecule has 2 N–H and O–H groups in total. The van der Waals surface area contributed by atoms with E-state index in [0.29, 0.717) is 28.4 Å². The van der Waals surface area contributed by atoms with E-state index in [0.717, 1.165) is 38.9 Å². The number of carboxylic acids is 1. The van der Waals surface area contributed by atoms with Crippen LogP contribution in [0, 0.1) is 13.8 Å². The maximum atomic E-state index is 13.2. The van der Waals surface area contributed by atoms with Crippen molar-refractivity contribution in [3.8, 4) is 16.9 Å². The Bertz CT molecular complexity index is 1770. The fourth-order valence-corrected chi connectivity index (χ4v) is 5.63. The molecule has 6 nitrogen and oxygen atoms in total. The predicted molar refractivity (Wildman–Crippen MR) is 163 cm³/mol. The number of hydrogen-bond donors (Lipinski definition) is 2. The van der Waals surface area contributed by atoms with Crippen molar-refractivity contribution in [2.75, 3.05) is 7.11 Å². The number of carboxylic acid groups (broad SMARTS) is 1. The molecule has 7 heteroatoms. The molecule has 1 aromatic heterocycles. The van der Waals surface area contributed by atoms with Crippen molar-refractivity contribution in [1.82, 2.24) is 9.88 Å². The van der Waals surface area contributed by atoms with Crippen molar-refractivity contribution in [3.05, 3.63) is 123 Å². The average molecular weight is 567 g/mol. The lowest BCUT2D eigenvalue weighted by Gasteiger charge is -2.17. The smallest absolute Gasteiger partial charge is 0.336 e. The number of nitrogens with zero attached hydrogens (tertiary/aromatic N) is 1. The third-order valence-corrected chi connectivity index (χ3v) is 8.10. The molecule has 0 bridgehead atoms. The molecule has 0 unspecified atom stereocenters. The number of nitrogens with one attached hydrogen (secondary N) is 1. The third kappa shape index (κ3) is 5.43. The SMILES string of the molecule is COc1cccc([C@H](C)NC(=O)c2ccc3c(c2)c(C)c(C)n3Cc2ccc(-c3ccccc3C(=O)O)cc2)c1Cl. The summed E-state index contributed by atoms with van der Waals surface area (Å²) < 4.78 is 7.56. The van der Waals surface area contributed by atoms with Crippen LogP contribution in [-0.4, -0.2) is 28.7 Å². The monoisotopic (exact) mass is 566 g/mol. The largest absolute Gasteiger partial charge is 0.495 e. The fraction of sp³-hybridized carbons (Fsp3) is 0.176. The second-order valence-electron chi connectivity index (χ2n) is 10.1. The van der Waals surface area contributed by atoms with Crippen LogP contribution in [0.15, 0.2) is 84.9 Å². The lowest BCUT2D eigenvalue weighted by atomic mass is 9.99. The summed E-state index contributed by atoms with van der Waals surface area (Å²) in [7, 11) is 1.57. The van der Waals surface area contributed by atoms with Crippen LogP contribution in [-0.2, 0) is 6.54 Å². The first kappa shape index (κ1) is 28.0. The average Bonchev–Trinajstić information content (AvgIpc) is 3.21. The number of carbonyl (C=O) groups excluding carboxylic acids is 1. The Morgan fingerprint density at radius 1 is 0.976 bits per heavy atom. The van der Waals surface area contributed by atoms with Gasteiger partial charge in [-0.05, 0) is 78.9 Å². The summed E-state index contributed by atoms with van der Waals surface area (Å²) in [6.45, 7) is 6.70. The van der Waals surface area contributed by atoms with Gasteiger partial charge in [-0.2, -0.15) is 0 Å². The third-order valence-electron chi connectivity index (χ3n) is 7.69. The summed E-state index contributed by atoms with van der Waals surface area (Å²) in [5.74, 6) is -0.555. The maximum Gasteiger partial charge on any atom is 0.336 e. The molecule has 1 amide bonds. The molecule has 0 spiro atoms. The van der Waals surface area contributed by atoms with E-state index in [-0.39, 0.29) is 17.5 Å². The minimum atomic E-state index is -0.943. The Balaban J connectivity index is 1.38. The Hall–Kier alpha value is -4.55. The van der Waals surface area contributed by atoms with E-state index in [1.54, 1.807) is 25.3 Å². The van der Waals surface area contributed by atoms with Gasteiger partial charge in [0.2, 0.25) is 0 Å². The highest BCUT2D eigenvalue weighted by atomic mass is 35.5. The number of ether oxygens (including phenoxy) is 1. The van der Waals surface area contributed by atoms with E-state index in [9.17, 15) is 14.7 Å². The van der Waals surface area contributed by atoms with Gasteiger partial charge in [0.15, 0.2) is 0 Å². The van der Waals surface area contributed by atoms with Gasteiger partial charge in [0.1, 0.15) is 5.75 Å². The number of amides is 1. The van der Waals surface area contributed by atoms with Crippen LogP contribution in [0.25, 0.3) is 22.0 Å². The first-order valence-electron chi connectivity index (χ1n) is 13.3. The van der Waals surface area contributed by atoms with Gasteiger partial charge in [0.05, 0.1) is 23.7 Å². The van der Waals surface area contributed by atoms with E-state index >= 15 is 0 Å². The van der Waals surface area contributed by atoms with Crippen molar-refractivity contribution in [1.29, 1.82) is 0 Å². The highest BCUT2D eigenvalue weighted by Crippen LogP contribution is 2.32. The molecule has 1 heterocycles. The molecule has 0 saturated carbocycles. The van der Waals surface area contributed by atoms with Crippen molar-refractivity contribution >= 4 is 34.4 Å². The maximum absolute atomic E-state index is 13.2. The highest BCUT2D eigenvalue weighted by Gasteiger charge is 2.19. The highest BCUT2D eigenvalue weighted by molar-refractivity contribution is 6.32. The topological polar surface area (TPSA) is 80.6 Å². The molecule has 208 valence electrons. The van der Waals surface area contributed by atoms with Gasteiger partial charge in [0.25, 0.3) is 5.91 Å². The predicted octanol–water partition coefficient (Wildman–Crippen LogP) is 7.82. The number of benzene rings is 4. The Morgan fingerprint density at radius 3 is 2.41 bits per heavy atom. The van der Waals surface area contributed by atoms with Crippen LogP contribution in [0.3, 0.4) is 0 Å². The molecule has 4 aromatic carbocycles. The molecule has 0 fully saturated rings. The van der Waals surface area contributed by atoms with Gasteiger partial charge in [-0.3, -0.25) is 4.79 Å². The van der Waals surface area contributed by atoms with Gasteiger partial charge in [0, 0.05) is 28.7 Å². The number of aryl methyl sites for hydroxylation is 1. The number of rotatable bonds is 8. The summed E-state index contributed by atoms with van der Waals surface area (Å²) in [6, 6.07) is 26.0. The van der Waals surface area contributed by atoms with E-state index in [4.69, 9.17) is 16.3 Å². The summed E-state index contributed by atoms with van der Waals surface area (Å²) in [5.41, 5.74) is 7.56. The van der Waals surface area contributed by atoms with Gasteiger partial charge < -0.3 is 19.7 Å². The summed E-state index contributed by atoms with van der Waals surface area (Å²) >= 11 is 6.48. The minimum absolute atomic E-state index is 0.180. The number of aromatic carboxylic acids is 1. The molecular formula is C34H31ClN2O4. The molecule has 0 aliphatic carbocycles. The standard InChI is InChI=1S/C34H31ClN2O4/c1-20-22(3)37(19-23-12-14-24(15-13-23)27-8-5-6-9-28(27)34(39)40)30-17-16-25(18-29(20)30)33(38)36-21(2)26-10-7-11-31(41-4)32(26)35/h5-18,21H,19H2,1-4H3,(H,36,38)(H,39,40)/t21-/m0/s1. The number of carbonyl (C=O) groups is 2. The number of halogens is 1. The Morgan fingerprint density at radius 2 is 1.71 bits per heavy atom. The lowest BCUT2D eigenvalue weighted by Crippen LogP contribution is -2.26. The zero-order valence-electron chi connectivity index (χ0n) is 23.4. The number of fused-ring (bicyclic) bond motifs is 1. The second kappa shape index (κ2) is 11.5. The van der Waals surface area contributed by atoms with Gasteiger partial charge in [-0.15, -0.1) is 0 Å². The zero-order valence-corrected chi connectivity index (χ0v) is 24.1. The van der Waals surface area contributed by atoms with Crippen LogP contribution in [0.2, 0.25) is 5.02 Å². The first-order valence-corrected chi connectivity index (χ1v) is 13.7. The van der Waals surface area contributed by atoms with E-state index in [1.165, 1.54) is 0 Å². The molecule has 0 aliphatic heterocycles. The van der Waals surface area contributed by atoms with Gasteiger partial charge in [-0.25, -0.2) is 4.79 Å². The lowest BCUT2D eigenvalue weighted by molar-refractivity contribution is 0.0697. The Labute approximate surface area is 244 Å². The van der Waals surface area contributed by atoms with Crippen LogP contribution in [0.4, 0.5) is 0 Å². The number of aromatic nitrogens is 1. The van der Waals surface area contributed by atoms with Gasteiger partial charge in [-0.1, -0.05) is 66.2 Å². The summed E-state index contributed by atoms with van der Waals surface area (Å²) in [4.78, 5) is 24.9. The van der Waals surface area contributed by atoms with Crippen LogP contribution in [0.5, 0.6) is 5.75 Å². The van der Waals surface area contributed by atoms with Crippen LogP contribution < -0.4 is 10.1 Å². The minimum Gasteiger partial charge on any atom is -0.495 e. The molecule has 0 aliphatic rings. The van der Waals surface area contributed by atoms with Crippen LogP contribution in [0.1, 0.15) is 56.1 Å². The fourth-order valence-electron chi connectivity index (χ4n) is 5.27. The molecule has 5 rings (SSSR count). The van der Waals surface area contributed by atoms with Crippen LogP contribution >= 0.6 is 11.6 Å². The summed E-state index contributed by atoms with van der Waals surface area (Å²) in [5, 5.41) is 14.1.